The van der Waals surface area contributed by atoms with Gasteiger partial charge in [-0.2, -0.15) is 0 Å². The van der Waals surface area contributed by atoms with Crippen molar-refractivity contribution in [3.63, 3.8) is 0 Å². The third-order valence-corrected chi connectivity index (χ3v) is 13.5. The monoisotopic (exact) mass is 626 g/mol. The Balaban J connectivity index is 1.54. The van der Waals surface area contributed by atoms with Gasteiger partial charge in [0.15, 0.2) is 0 Å². The van der Waals surface area contributed by atoms with E-state index in [2.05, 4.69) is 185 Å². The van der Waals surface area contributed by atoms with Gasteiger partial charge in [0.1, 0.15) is 0 Å². The summed E-state index contributed by atoms with van der Waals surface area (Å²) in [5.41, 5.74) is 10.1. The van der Waals surface area contributed by atoms with Crippen LogP contribution in [0.1, 0.15) is 0 Å². The highest BCUT2D eigenvalue weighted by Crippen LogP contribution is 2.45. The van der Waals surface area contributed by atoms with Crippen molar-refractivity contribution in [3.8, 4) is 44.5 Å². The van der Waals surface area contributed by atoms with Crippen molar-refractivity contribution in [2.24, 2.45) is 0 Å². The van der Waals surface area contributed by atoms with Gasteiger partial charge in [-0.3, -0.25) is 0 Å². The van der Waals surface area contributed by atoms with Gasteiger partial charge in [-0.25, -0.2) is 0 Å². The molecule has 0 saturated carbocycles. The molecule has 226 valence electrons. The van der Waals surface area contributed by atoms with Crippen molar-refractivity contribution in [2.75, 3.05) is 0 Å². The molecule has 7 aromatic rings. The van der Waals surface area contributed by atoms with E-state index in [0.29, 0.717) is 0 Å². The van der Waals surface area contributed by atoms with Crippen molar-refractivity contribution in [1.29, 1.82) is 0 Å². The van der Waals surface area contributed by atoms with E-state index in [1.807, 2.05) is 0 Å². The fourth-order valence-electron chi connectivity index (χ4n) is 6.74. The standard InChI is InChI=1S/C44H42Si2/c1-45(2,3)37-23-17-31(18-24-37)35-21-27-39-41(29-35)44(34-15-11-8-12-16-34)42-30-36(32-19-25-38(26-20-32)46(4,5)6)22-28-40(42)43(39)33-13-9-7-10-14-33/h7-30H,1-6H3. The molecule has 0 fully saturated rings. The van der Waals surface area contributed by atoms with Gasteiger partial charge >= 0.3 is 0 Å². The largest absolute Gasteiger partial charge is 0.0775 e. The van der Waals surface area contributed by atoms with Crippen LogP contribution in [-0.2, 0) is 0 Å². The molecule has 7 aromatic carbocycles. The van der Waals surface area contributed by atoms with E-state index in [-0.39, 0.29) is 0 Å². The summed E-state index contributed by atoms with van der Waals surface area (Å²) < 4.78 is 0. The molecule has 0 saturated heterocycles. The molecule has 0 bridgehead atoms. The molecule has 0 nitrogen and oxygen atoms in total. The first-order valence-electron chi connectivity index (χ1n) is 16.4. The smallest absolute Gasteiger partial charge is 0.0656 e. The average Bonchev–Trinajstić information content (AvgIpc) is 3.07. The molecule has 0 aliphatic heterocycles. The molecule has 0 amide bonds. The molecular weight excluding hydrogens is 585 g/mol. The first-order valence-corrected chi connectivity index (χ1v) is 23.4. The predicted molar refractivity (Wildman–Crippen MR) is 209 cm³/mol. The molecule has 7 rings (SSSR count). The Morgan fingerprint density at radius 1 is 0.283 bits per heavy atom. The van der Waals surface area contributed by atoms with E-state index >= 15 is 0 Å². The van der Waals surface area contributed by atoms with Crippen LogP contribution in [0.2, 0.25) is 39.3 Å². The zero-order valence-corrected chi connectivity index (χ0v) is 29.9. The third-order valence-electron chi connectivity index (χ3n) is 9.41. The molecule has 0 aromatic heterocycles. The topological polar surface area (TPSA) is 0 Å². The van der Waals surface area contributed by atoms with Crippen LogP contribution in [0.4, 0.5) is 0 Å². The molecule has 0 unspecified atom stereocenters. The van der Waals surface area contributed by atoms with Gasteiger partial charge < -0.3 is 0 Å². The average molecular weight is 627 g/mol. The molecule has 0 aliphatic rings. The van der Waals surface area contributed by atoms with Crippen LogP contribution in [0, 0.1) is 0 Å². The molecule has 2 heteroatoms. The Morgan fingerprint density at radius 2 is 0.609 bits per heavy atom. The number of hydrogen-bond donors (Lipinski definition) is 0. The van der Waals surface area contributed by atoms with Gasteiger partial charge in [0.05, 0.1) is 16.1 Å². The van der Waals surface area contributed by atoms with Gasteiger partial charge in [-0.15, -0.1) is 0 Å². The minimum absolute atomic E-state index is 1.24. The lowest BCUT2D eigenvalue weighted by atomic mass is 9.84. The van der Waals surface area contributed by atoms with Crippen LogP contribution in [0.15, 0.2) is 146 Å². The Kier molecular flexibility index (Phi) is 7.67. The SMILES string of the molecule is C[Si](C)(C)c1ccc(-c2ccc3c(-c4ccccc4)c4ccc(-c5ccc([Si](C)(C)C)cc5)cc4c(-c4ccccc4)c3c2)cc1. The molecule has 0 spiro atoms. The van der Waals surface area contributed by atoms with E-state index in [4.69, 9.17) is 0 Å². The zero-order chi connectivity index (χ0) is 32.1. The molecule has 0 N–H and O–H groups in total. The zero-order valence-electron chi connectivity index (χ0n) is 27.9. The maximum atomic E-state index is 2.43. The third kappa shape index (κ3) is 5.68. The fraction of sp³-hybridized carbons (Fsp3) is 0.136. The van der Waals surface area contributed by atoms with Crippen LogP contribution in [0.3, 0.4) is 0 Å². The van der Waals surface area contributed by atoms with E-state index in [1.54, 1.807) is 0 Å². The van der Waals surface area contributed by atoms with Crippen LogP contribution in [0.25, 0.3) is 66.1 Å². The number of rotatable bonds is 6. The van der Waals surface area contributed by atoms with Crippen molar-refractivity contribution in [2.45, 2.75) is 39.3 Å². The summed E-state index contributed by atoms with van der Waals surface area (Å²) >= 11 is 0. The second-order valence-corrected chi connectivity index (χ2v) is 24.8. The predicted octanol–water partition coefficient (Wildman–Crippen LogP) is 11.8. The second-order valence-electron chi connectivity index (χ2n) is 14.7. The highest BCUT2D eigenvalue weighted by Gasteiger charge is 2.20. The number of benzene rings is 7. The first kappa shape index (κ1) is 30.2. The van der Waals surface area contributed by atoms with E-state index < -0.39 is 16.1 Å². The Hall–Kier alpha value is -4.51. The van der Waals surface area contributed by atoms with Crippen LogP contribution in [0.5, 0.6) is 0 Å². The maximum absolute atomic E-state index is 2.43. The Bertz CT molecular complexity index is 2050. The van der Waals surface area contributed by atoms with Gasteiger partial charge in [0, 0.05) is 0 Å². The van der Waals surface area contributed by atoms with Crippen molar-refractivity contribution >= 4 is 48.1 Å². The van der Waals surface area contributed by atoms with Crippen LogP contribution in [-0.4, -0.2) is 16.1 Å². The highest BCUT2D eigenvalue weighted by atomic mass is 28.3. The highest BCUT2D eigenvalue weighted by molar-refractivity contribution is 6.89. The molecule has 0 aliphatic carbocycles. The number of fused-ring (bicyclic) bond motifs is 2. The van der Waals surface area contributed by atoms with Crippen molar-refractivity contribution < 1.29 is 0 Å². The lowest BCUT2D eigenvalue weighted by molar-refractivity contribution is 1.62. The molecule has 0 heterocycles. The lowest BCUT2D eigenvalue weighted by Gasteiger charge is -2.20. The summed E-state index contributed by atoms with van der Waals surface area (Å²) in [6.07, 6.45) is 0. The molecule has 46 heavy (non-hydrogen) atoms. The molecular formula is C44H42Si2. The Morgan fingerprint density at radius 3 is 0.957 bits per heavy atom. The lowest BCUT2D eigenvalue weighted by Crippen LogP contribution is -2.37. The summed E-state index contributed by atoms with van der Waals surface area (Å²) in [7, 11) is -2.75. The van der Waals surface area contributed by atoms with Crippen LogP contribution >= 0.6 is 0 Å². The Labute approximate surface area is 276 Å². The molecule has 0 atom stereocenters. The number of hydrogen-bond acceptors (Lipinski definition) is 0. The van der Waals surface area contributed by atoms with Crippen molar-refractivity contribution in [1.82, 2.24) is 0 Å². The summed E-state index contributed by atoms with van der Waals surface area (Å²) in [5, 5.41) is 8.13. The van der Waals surface area contributed by atoms with Crippen LogP contribution < -0.4 is 10.4 Å². The summed E-state index contributed by atoms with van der Waals surface area (Å²) in [4.78, 5) is 0. The van der Waals surface area contributed by atoms with E-state index in [1.165, 1.54) is 76.4 Å². The fourth-order valence-corrected chi connectivity index (χ4v) is 9.08. The second kappa shape index (κ2) is 11.7. The summed E-state index contributed by atoms with van der Waals surface area (Å²) in [6.45, 7) is 14.5. The molecule has 0 radical (unpaired) electrons. The first-order chi connectivity index (χ1) is 22.1. The summed E-state index contributed by atoms with van der Waals surface area (Å²) in [6, 6.07) is 54.8. The van der Waals surface area contributed by atoms with Gasteiger partial charge in [-0.1, -0.05) is 183 Å². The minimum atomic E-state index is -1.37. The van der Waals surface area contributed by atoms with Crippen molar-refractivity contribution in [3.05, 3.63) is 146 Å². The van der Waals surface area contributed by atoms with E-state index in [0.717, 1.165) is 0 Å². The van der Waals surface area contributed by atoms with Gasteiger partial charge in [0.25, 0.3) is 0 Å². The van der Waals surface area contributed by atoms with Gasteiger partial charge in [0.2, 0.25) is 0 Å². The van der Waals surface area contributed by atoms with E-state index in [9.17, 15) is 0 Å². The minimum Gasteiger partial charge on any atom is -0.0656 e. The maximum Gasteiger partial charge on any atom is 0.0775 e. The normalized spacial score (nSPS) is 12.1. The summed E-state index contributed by atoms with van der Waals surface area (Å²) in [5.74, 6) is 0. The quantitative estimate of drug-likeness (QED) is 0.127. The van der Waals surface area contributed by atoms with Gasteiger partial charge in [-0.05, 0) is 78.2 Å².